The molecule has 0 aliphatic carbocycles. The topological polar surface area (TPSA) is 71.0 Å². The second-order valence-electron chi connectivity index (χ2n) is 5.97. The molecular weight excluding hydrogens is 334 g/mol. The monoisotopic (exact) mass is 355 g/mol. The van der Waals surface area contributed by atoms with E-state index in [-0.39, 0.29) is 11.9 Å². The van der Waals surface area contributed by atoms with Gasteiger partial charge >= 0.3 is 0 Å². The molecule has 1 atom stereocenters. The van der Waals surface area contributed by atoms with Gasteiger partial charge in [0.2, 0.25) is 11.0 Å². The maximum absolute atomic E-state index is 12.4. The molecule has 0 saturated heterocycles. The van der Waals surface area contributed by atoms with Gasteiger partial charge in [0.25, 0.3) is 0 Å². The van der Waals surface area contributed by atoms with Gasteiger partial charge in [-0.1, -0.05) is 36.5 Å². The number of fused-ring (bicyclic) bond motifs is 1. The molecule has 0 fully saturated rings. The summed E-state index contributed by atoms with van der Waals surface area (Å²) in [5.74, 6) is -0.0879. The van der Waals surface area contributed by atoms with Crippen molar-refractivity contribution in [1.82, 2.24) is 20.1 Å². The number of nitrogens with one attached hydrogen (secondary N) is 1. The van der Waals surface area contributed by atoms with Crippen LogP contribution in [0.5, 0.6) is 0 Å². The third kappa shape index (κ3) is 4.18. The van der Waals surface area contributed by atoms with Gasteiger partial charge in [-0.05, 0) is 38.1 Å². The lowest BCUT2D eigenvalue weighted by atomic mass is 10.1. The smallest absolute Gasteiger partial charge is 0.243 e. The van der Waals surface area contributed by atoms with Crippen LogP contribution in [0.25, 0.3) is 10.9 Å². The molecule has 0 saturated carbocycles. The molecule has 0 bridgehead atoms. The van der Waals surface area contributed by atoms with E-state index in [9.17, 15) is 4.79 Å². The third-order valence-electron chi connectivity index (χ3n) is 4.12. The van der Waals surface area contributed by atoms with Crippen molar-refractivity contribution >= 4 is 33.3 Å². The number of para-hydroxylation sites is 1. The maximum atomic E-state index is 12.4. The lowest BCUT2D eigenvalue weighted by Gasteiger charge is -2.23. The molecule has 0 aliphatic heterocycles. The van der Waals surface area contributed by atoms with Crippen molar-refractivity contribution in [3.8, 4) is 0 Å². The molecule has 1 unspecified atom stereocenters. The number of hydrogen-bond acceptors (Lipinski definition) is 6. The van der Waals surface area contributed by atoms with Crippen LogP contribution in [0.2, 0.25) is 0 Å². The Bertz CT molecular complexity index is 879. The van der Waals surface area contributed by atoms with Crippen molar-refractivity contribution in [2.75, 3.05) is 12.4 Å². The fourth-order valence-corrected chi connectivity index (χ4v) is 3.17. The zero-order chi connectivity index (χ0) is 17.8. The molecule has 0 aliphatic rings. The first kappa shape index (κ1) is 17.4. The van der Waals surface area contributed by atoms with E-state index in [2.05, 4.69) is 26.6 Å². The van der Waals surface area contributed by atoms with Crippen LogP contribution in [0.3, 0.4) is 0 Å². The molecule has 3 rings (SSSR count). The Morgan fingerprint density at radius 1 is 1.32 bits per heavy atom. The van der Waals surface area contributed by atoms with Crippen LogP contribution in [-0.2, 0) is 17.8 Å². The number of carbonyl (C=O) groups is 1. The number of nitrogens with zero attached hydrogens (tertiary/aromatic N) is 4. The van der Waals surface area contributed by atoms with Crippen LogP contribution in [0.4, 0.5) is 5.13 Å². The van der Waals surface area contributed by atoms with Gasteiger partial charge in [0.1, 0.15) is 5.01 Å². The summed E-state index contributed by atoms with van der Waals surface area (Å²) in [5.41, 5.74) is 2.05. The van der Waals surface area contributed by atoms with Crippen LogP contribution < -0.4 is 5.32 Å². The molecule has 1 aromatic carbocycles. The molecule has 1 N–H and O–H groups in total. The average molecular weight is 355 g/mol. The minimum atomic E-state index is -0.291. The zero-order valence-corrected chi connectivity index (χ0v) is 15.4. The van der Waals surface area contributed by atoms with Crippen LogP contribution in [-0.4, -0.2) is 39.1 Å². The van der Waals surface area contributed by atoms with E-state index in [4.69, 9.17) is 0 Å². The molecule has 7 heteroatoms. The lowest BCUT2D eigenvalue weighted by Crippen LogP contribution is -2.39. The molecule has 1 amide bonds. The van der Waals surface area contributed by atoms with Crippen LogP contribution >= 0.6 is 11.3 Å². The number of rotatable bonds is 6. The quantitative estimate of drug-likeness (QED) is 0.736. The molecule has 130 valence electrons. The predicted octanol–water partition coefficient (Wildman–Crippen LogP) is 3.11. The molecule has 6 nitrogen and oxygen atoms in total. The van der Waals surface area contributed by atoms with Gasteiger partial charge in [-0.15, -0.1) is 10.2 Å². The Morgan fingerprint density at radius 3 is 2.88 bits per heavy atom. The van der Waals surface area contributed by atoms with Crippen molar-refractivity contribution in [3.05, 3.63) is 47.1 Å². The molecule has 25 heavy (non-hydrogen) atoms. The molecule has 2 heterocycles. The molecular formula is C18H21N5OS. The number of amides is 1. The zero-order valence-electron chi connectivity index (χ0n) is 14.6. The van der Waals surface area contributed by atoms with Gasteiger partial charge in [0.05, 0.1) is 11.6 Å². The van der Waals surface area contributed by atoms with Gasteiger partial charge in [-0.25, -0.2) is 0 Å². The number of aryl methyl sites for hydroxylation is 1. The number of carbonyl (C=O) groups excluding carboxylic acids is 1. The Hall–Kier alpha value is -2.38. The normalized spacial score (nSPS) is 12.5. The standard InChI is InChI=1S/C18H21N5OS/c1-4-16-21-22-18(25-16)20-17(24)12(2)23(3)11-13-9-14-7-5-6-8-15(14)19-10-13/h5-10,12H,4,11H2,1-3H3,(H,20,22,24). The molecule has 0 radical (unpaired) electrons. The van der Waals surface area contributed by atoms with E-state index in [0.717, 1.165) is 27.9 Å². The highest BCUT2D eigenvalue weighted by Gasteiger charge is 2.19. The van der Waals surface area contributed by atoms with Crippen molar-refractivity contribution < 1.29 is 4.79 Å². The number of benzene rings is 1. The summed E-state index contributed by atoms with van der Waals surface area (Å²) in [4.78, 5) is 18.9. The summed E-state index contributed by atoms with van der Waals surface area (Å²) in [7, 11) is 1.93. The van der Waals surface area contributed by atoms with E-state index in [1.165, 1.54) is 11.3 Å². The predicted molar refractivity (Wildman–Crippen MR) is 101 cm³/mol. The highest BCUT2D eigenvalue weighted by molar-refractivity contribution is 7.15. The summed E-state index contributed by atoms with van der Waals surface area (Å²) in [5, 5.41) is 13.4. The first-order chi connectivity index (χ1) is 12.1. The van der Waals surface area contributed by atoms with Crippen LogP contribution in [0, 0.1) is 0 Å². The summed E-state index contributed by atoms with van der Waals surface area (Å²) in [6.45, 7) is 4.54. The first-order valence-electron chi connectivity index (χ1n) is 8.24. The summed E-state index contributed by atoms with van der Waals surface area (Å²) >= 11 is 1.41. The number of aromatic nitrogens is 3. The third-order valence-corrected chi connectivity index (χ3v) is 5.10. The SMILES string of the molecule is CCc1nnc(NC(=O)C(C)N(C)Cc2cnc3ccccc3c2)s1. The van der Waals surface area contributed by atoms with E-state index < -0.39 is 0 Å². The second kappa shape index (κ2) is 7.67. The van der Waals surface area contributed by atoms with Crippen LogP contribution in [0.1, 0.15) is 24.4 Å². The van der Waals surface area contributed by atoms with Gasteiger partial charge < -0.3 is 0 Å². The molecule has 3 aromatic rings. The van der Waals surface area contributed by atoms with E-state index in [1.54, 1.807) is 0 Å². The van der Waals surface area contributed by atoms with Crippen molar-refractivity contribution in [2.45, 2.75) is 32.9 Å². The van der Waals surface area contributed by atoms with Crippen LogP contribution in [0.15, 0.2) is 36.5 Å². The Labute approximate surface area is 150 Å². The van der Waals surface area contributed by atoms with Gasteiger partial charge in [-0.2, -0.15) is 0 Å². The summed E-state index contributed by atoms with van der Waals surface area (Å²) in [6, 6.07) is 9.83. The van der Waals surface area contributed by atoms with Crippen molar-refractivity contribution in [3.63, 3.8) is 0 Å². The van der Waals surface area contributed by atoms with E-state index >= 15 is 0 Å². The Kier molecular flexibility index (Phi) is 5.35. The Morgan fingerprint density at radius 2 is 2.12 bits per heavy atom. The second-order valence-corrected chi connectivity index (χ2v) is 7.03. The average Bonchev–Trinajstić information content (AvgIpc) is 3.08. The molecule has 2 aromatic heterocycles. The fourth-order valence-electron chi connectivity index (χ4n) is 2.48. The fraction of sp³-hybridized carbons (Fsp3) is 0.333. The van der Waals surface area contributed by atoms with Gasteiger partial charge in [0, 0.05) is 18.1 Å². The first-order valence-corrected chi connectivity index (χ1v) is 9.05. The minimum absolute atomic E-state index is 0.0879. The largest absolute Gasteiger partial charge is 0.299 e. The lowest BCUT2D eigenvalue weighted by molar-refractivity contribution is -0.120. The van der Waals surface area contributed by atoms with Gasteiger partial charge in [-0.3, -0.25) is 20.0 Å². The van der Waals surface area contributed by atoms with Gasteiger partial charge in [0.15, 0.2) is 0 Å². The summed E-state index contributed by atoms with van der Waals surface area (Å²) < 4.78 is 0. The molecule has 0 spiro atoms. The number of pyridine rings is 1. The van der Waals surface area contributed by atoms with Crippen molar-refractivity contribution in [2.24, 2.45) is 0 Å². The number of anilines is 1. The Balaban J connectivity index is 1.64. The number of likely N-dealkylation sites (N-methyl/N-ethyl adjacent to an activating group) is 1. The number of hydrogen-bond donors (Lipinski definition) is 1. The minimum Gasteiger partial charge on any atom is -0.299 e. The van der Waals surface area contributed by atoms with E-state index in [1.807, 2.05) is 56.3 Å². The van der Waals surface area contributed by atoms with Crippen molar-refractivity contribution in [1.29, 1.82) is 0 Å². The highest BCUT2D eigenvalue weighted by atomic mass is 32.1. The highest BCUT2D eigenvalue weighted by Crippen LogP contribution is 2.17. The summed E-state index contributed by atoms with van der Waals surface area (Å²) in [6.07, 6.45) is 2.68. The maximum Gasteiger partial charge on any atom is 0.243 e. The van der Waals surface area contributed by atoms with E-state index in [0.29, 0.717) is 11.7 Å².